The Morgan fingerprint density at radius 3 is 2.90 bits per heavy atom. The topological polar surface area (TPSA) is 38.1 Å². The maximum absolute atomic E-state index is 12.9. The van der Waals surface area contributed by atoms with Crippen LogP contribution in [0.2, 0.25) is 0 Å². The molecular formula is C16H17N3OS. The van der Waals surface area contributed by atoms with Gasteiger partial charge in [0.1, 0.15) is 4.88 Å². The summed E-state index contributed by atoms with van der Waals surface area (Å²) in [7, 11) is 0. The van der Waals surface area contributed by atoms with Gasteiger partial charge in [0.15, 0.2) is 5.13 Å². The van der Waals surface area contributed by atoms with Crippen LogP contribution in [-0.4, -0.2) is 32.4 Å². The number of hydrogen-bond donors (Lipinski definition) is 0. The first kappa shape index (κ1) is 12.8. The first-order chi connectivity index (χ1) is 10.2. The van der Waals surface area contributed by atoms with E-state index in [4.69, 9.17) is 0 Å². The third-order valence-corrected chi connectivity index (χ3v) is 5.51. The molecule has 4 heterocycles. The number of thiazole rings is 1. The molecule has 108 valence electrons. The maximum atomic E-state index is 12.9. The lowest BCUT2D eigenvalue weighted by Gasteiger charge is -2.31. The molecule has 4 nitrogen and oxygen atoms in total. The molecule has 0 N–H and O–H groups in total. The van der Waals surface area contributed by atoms with Crippen molar-refractivity contribution in [2.45, 2.75) is 38.3 Å². The number of hydrogen-bond acceptors (Lipinski definition) is 3. The van der Waals surface area contributed by atoms with Gasteiger partial charge in [-0.3, -0.25) is 4.79 Å². The fraction of sp³-hybridized carbons (Fsp3) is 0.375. The van der Waals surface area contributed by atoms with Crippen molar-refractivity contribution in [1.29, 1.82) is 0 Å². The lowest BCUT2D eigenvalue weighted by Crippen LogP contribution is -2.42. The molecule has 1 fully saturated rings. The van der Waals surface area contributed by atoms with Gasteiger partial charge >= 0.3 is 0 Å². The number of nitrogens with zero attached hydrogens (tertiary/aromatic N) is 3. The molecule has 2 aliphatic heterocycles. The summed E-state index contributed by atoms with van der Waals surface area (Å²) in [5, 5.41) is 0.862. The SMILES string of the molecule is Cc1nc(-n2cccc2)sc1C(=O)N1C2C=CCC1CC2. The second kappa shape index (κ2) is 4.84. The van der Waals surface area contributed by atoms with Gasteiger partial charge in [0.25, 0.3) is 5.91 Å². The quantitative estimate of drug-likeness (QED) is 0.799. The average Bonchev–Trinajstić information content (AvgIpc) is 3.17. The van der Waals surface area contributed by atoms with Gasteiger partial charge in [-0.2, -0.15) is 0 Å². The van der Waals surface area contributed by atoms with Crippen LogP contribution in [0.25, 0.3) is 5.13 Å². The number of aryl methyl sites for hydroxylation is 1. The summed E-state index contributed by atoms with van der Waals surface area (Å²) in [6.45, 7) is 1.93. The Morgan fingerprint density at radius 2 is 2.14 bits per heavy atom. The number of carbonyl (C=O) groups is 1. The number of fused-ring (bicyclic) bond motifs is 2. The predicted molar refractivity (Wildman–Crippen MR) is 82.9 cm³/mol. The second-order valence-electron chi connectivity index (χ2n) is 5.68. The van der Waals surface area contributed by atoms with Gasteiger partial charge in [-0.25, -0.2) is 4.98 Å². The van der Waals surface area contributed by atoms with Gasteiger partial charge in [-0.05, 0) is 38.3 Å². The molecule has 21 heavy (non-hydrogen) atoms. The Morgan fingerprint density at radius 1 is 1.33 bits per heavy atom. The number of aromatic nitrogens is 2. The second-order valence-corrected chi connectivity index (χ2v) is 6.65. The minimum absolute atomic E-state index is 0.153. The Labute approximate surface area is 127 Å². The summed E-state index contributed by atoms with van der Waals surface area (Å²) in [5.41, 5.74) is 0.836. The van der Waals surface area contributed by atoms with E-state index in [2.05, 4.69) is 22.0 Å². The number of carbonyl (C=O) groups excluding carboxylic acids is 1. The van der Waals surface area contributed by atoms with Crippen molar-refractivity contribution in [3.63, 3.8) is 0 Å². The van der Waals surface area contributed by atoms with Gasteiger partial charge in [-0.15, -0.1) is 0 Å². The van der Waals surface area contributed by atoms with E-state index in [1.54, 1.807) is 0 Å². The highest BCUT2D eigenvalue weighted by Gasteiger charge is 2.38. The van der Waals surface area contributed by atoms with Gasteiger partial charge in [0.05, 0.1) is 11.7 Å². The van der Waals surface area contributed by atoms with Crippen LogP contribution in [0.3, 0.4) is 0 Å². The van der Waals surface area contributed by atoms with Crippen LogP contribution in [0.15, 0.2) is 36.7 Å². The highest BCUT2D eigenvalue weighted by Crippen LogP contribution is 2.34. The summed E-state index contributed by atoms with van der Waals surface area (Å²) in [6.07, 6.45) is 11.5. The third-order valence-electron chi connectivity index (χ3n) is 4.35. The zero-order chi connectivity index (χ0) is 14.4. The predicted octanol–water partition coefficient (Wildman–Crippen LogP) is 3.18. The zero-order valence-electron chi connectivity index (χ0n) is 11.9. The first-order valence-corrected chi connectivity index (χ1v) is 8.16. The van der Waals surface area contributed by atoms with Crippen molar-refractivity contribution < 1.29 is 4.79 Å². The highest BCUT2D eigenvalue weighted by atomic mass is 32.1. The fourth-order valence-electron chi connectivity index (χ4n) is 3.31. The van der Waals surface area contributed by atoms with Crippen molar-refractivity contribution in [2.24, 2.45) is 0 Å². The lowest BCUT2D eigenvalue weighted by molar-refractivity contribution is 0.0693. The van der Waals surface area contributed by atoms with Gasteiger partial charge in [0.2, 0.25) is 0 Å². The summed E-state index contributed by atoms with van der Waals surface area (Å²) in [5.74, 6) is 0.153. The van der Waals surface area contributed by atoms with Crippen LogP contribution in [0.1, 0.15) is 34.6 Å². The lowest BCUT2D eigenvalue weighted by atomic mass is 10.1. The average molecular weight is 299 g/mol. The monoisotopic (exact) mass is 299 g/mol. The normalized spacial score (nSPS) is 23.8. The van der Waals surface area contributed by atoms with E-state index in [-0.39, 0.29) is 11.9 Å². The summed E-state index contributed by atoms with van der Waals surface area (Å²) in [6, 6.07) is 4.60. The van der Waals surface area contributed by atoms with Gasteiger partial charge in [-0.1, -0.05) is 23.5 Å². The molecular weight excluding hydrogens is 282 g/mol. The highest BCUT2D eigenvalue weighted by molar-refractivity contribution is 7.16. The molecule has 0 aliphatic carbocycles. The van der Waals surface area contributed by atoms with E-state index in [0.29, 0.717) is 6.04 Å². The molecule has 2 bridgehead atoms. The van der Waals surface area contributed by atoms with Crippen LogP contribution in [-0.2, 0) is 0 Å². The van der Waals surface area contributed by atoms with E-state index in [0.717, 1.165) is 35.0 Å². The molecule has 2 aromatic rings. The molecule has 0 spiro atoms. The molecule has 1 amide bonds. The number of amides is 1. The molecule has 1 saturated heterocycles. The molecule has 4 rings (SSSR count). The molecule has 2 unspecified atom stereocenters. The van der Waals surface area contributed by atoms with Gasteiger partial charge < -0.3 is 9.47 Å². The minimum atomic E-state index is 0.153. The molecule has 0 radical (unpaired) electrons. The first-order valence-electron chi connectivity index (χ1n) is 7.34. The zero-order valence-corrected chi connectivity index (χ0v) is 12.7. The van der Waals surface area contributed by atoms with Crippen molar-refractivity contribution in [3.8, 4) is 5.13 Å². The minimum Gasteiger partial charge on any atom is -0.328 e. The Kier molecular flexibility index (Phi) is 2.96. The van der Waals surface area contributed by atoms with E-state index < -0.39 is 0 Å². The largest absolute Gasteiger partial charge is 0.328 e. The van der Waals surface area contributed by atoms with Crippen LogP contribution in [0.5, 0.6) is 0 Å². The van der Waals surface area contributed by atoms with E-state index in [1.165, 1.54) is 11.3 Å². The van der Waals surface area contributed by atoms with E-state index >= 15 is 0 Å². The van der Waals surface area contributed by atoms with Crippen molar-refractivity contribution in [1.82, 2.24) is 14.5 Å². The van der Waals surface area contributed by atoms with Crippen LogP contribution in [0.4, 0.5) is 0 Å². The summed E-state index contributed by atoms with van der Waals surface area (Å²) < 4.78 is 1.96. The van der Waals surface area contributed by atoms with Gasteiger partial charge in [0, 0.05) is 18.4 Å². The summed E-state index contributed by atoms with van der Waals surface area (Å²) >= 11 is 1.49. The van der Waals surface area contributed by atoms with Crippen molar-refractivity contribution in [3.05, 3.63) is 47.2 Å². The molecule has 2 aromatic heterocycles. The van der Waals surface area contributed by atoms with Crippen molar-refractivity contribution >= 4 is 17.2 Å². The van der Waals surface area contributed by atoms with E-state index in [9.17, 15) is 4.79 Å². The van der Waals surface area contributed by atoms with E-state index in [1.807, 2.05) is 36.0 Å². The fourth-order valence-corrected chi connectivity index (χ4v) is 4.29. The maximum Gasteiger partial charge on any atom is 0.266 e. The Bertz CT molecular complexity index is 701. The smallest absolute Gasteiger partial charge is 0.266 e. The van der Waals surface area contributed by atoms with Crippen LogP contribution in [0, 0.1) is 6.92 Å². The Hall–Kier alpha value is -1.88. The third kappa shape index (κ3) is 2.03. The molecule has 2 atom stereocenters. The molecule has 2 aliphatic rings. The van der Waals surface area contributed by atoms with Crippen LogP contribution >= 0.6 is 11.3 Å². The molecule has 0 saturated carbocycles. The standard InChI is InChI=1S/C16H17N3OS/c1-11-14(21-16(17-11)18-9-2-3-10-18)15(20)19-12-5-4-6-13(19)8-7-12/h2-5,9-10,12-13H,6-8H2,1H3. The molecule has 0 aromatic carbocycles. The van der Waals surface area contributed by atoms with Crippen molar-refractivity contribution in [2.75, 3.05) is 0 Å². The number of rotatable bonds is 2. The van der Waals surface area contributed by atoms with Crippen LogP contribution < -0.4 is 0 Å². The Balaban J connectivity index is 1.68. The molecule has 5 heteroatoms. The summed E-state index contributed by atoms with van der Waals surface area (Å²) in [4.78, 5) is 20.3.